The number of hydrogen-bond donors (Lipinski definition) is 1. The molecule has 1 saturated carbocycles. The van der Waals surface area contributed by atoms with Gasteiger partial charge in [0.25, 0.3) is 0 Å². The first-order valence-corrected chi connectivity index (χ1v) is 7.68. The van der Waals surface area contributed by atoms with Gasteiger partial charge < -0.3 is 5.32 Å². The molecule has 0 aliphatic heterocycles. The molecule has 0 saturated heterocycles. The van der Waals surface area contributed by atoms with E-state index < -0.39 is 5.92 Å². The Hall–Kier alpha value is -2.48. The normalized spacial score (nSPS) is 16.2. The van der Waals surface area contributed by atoms with E-state index in [2.05, 4.69) is 26.3 Å². The number of aromatic nitrogens is 3. The van der Waals surface area contributed by atoms with Crippen LogP contribution in [0.25, 0.3) is 0 Å². The van der Waals surface area contributed by atoms with Gasteiger partial charge in [-0.25, -0.2) is 9.97 Å². The van der Waals surface area contributed by atoms with Crippen LogP contribution in [0.3, 0.4) is 0 Å². The van der Waals surface area contributed by atoms with Crippen LogP contribution in [0.2, 0.25) is 0 Å². The quantitative estimate of drug-likeness (QED) is 0.937. The third kappa shape index (κ3) is 3.06. The summed E-state index contributed by atoms with van der Waals surface area (Å²) in [5.41, 5.74) is 2.37. The van der Waals surface area contributed by atoms with E-state index in [1.165, 1.54) is 12.8 Å². The molecular weight excluding hydrogens is 274 g/mol. The second-order valence-corrected chi connectivity index (χ2v) is 5.70. The van der Waals surface area contributed by atoms with Crippen molar-refractivity contribution in [1.82, 2.24) is 15.0 Å². The molecule has 0 spiro atoms. The molecule has 1 aliphatic rings. The van der Waals surface area contributed by atoms with Crippen LogP contribution in [-0.4, -0.2) is 21.0 Å². The van der Waals surface area contributed by atoms with Gasteiger partial charge in [-0.15, -0.1) is 0 Å². The van der Waals surface area contributed by atoms with Crippen LogP contribution in [0.1, 0.15) is 48.6 Å². The lowest BCUT2D eigenvalue weighted by Crippen LogP contribution is -2.18. The minimum absolute atomic E-state index is 0.450. The van der Waals surface area contributed by atoms with Crippen LogP contribution in [0.5, 0.6) is 0 Å². The zero-order chi connectivity index (χ0) is 15.4. The molecule has 5 heteroatoms. The van der Waals surface area contributed by atoms with Crippen LogP contribution in [-0.2, 0) is 0 Å². The number of hydrogen-bond acceptors (Lipinski definition) is 5. The van der Waals surface area contributed by atoms with E-state index in [1.54, 1.807) is 12.4 Å². The SMILES string of the molecule is Cc1cnc(NC2CCCC2)nc1C(C#N)c1ccccn1. The van der Waals surface area contributed by atoms with Crippen molar-refractivity contribution in [2.75, 3.05) is 5.32 Å². The second-order valence-electron chi connectivity index (χ2n) is 5.70. The summed E-state index contributed by atoms with van der Waals surface area (Å²) in [4.78, 5) is 13.3. The van der Waals surface area contributed by atoms with E-state index in [1.807, 2.05) is 25.1 Å². The Balaban J connectivity index is 1.89. The van der Waals surface area contributed by atoms with Gasteiger partial charge in [-0.3, -0.25) is 4.98 Å². The molecule has 1 atom stereocenters. The molecule has 1 aliphatic carbocycles. The average Bonchev–Trinajstić information content (AvgIpc) is 3.05. The Morgan fingerprint density at radius 2 is 2.09 bits per heavy atom. The summed E-state index contributed by atoms with van der Waals surface area (Å²) in [6.45, 7) is 1.93. The summed E-state index contributed by atoms with van der Waals surface area (Å²) < 4.78 is 0. The highest BCUT2D eigenvalue weighted by Gasteiger charge is 2.21. The lowest BCUT2D eigenvalue weighted by atomic mass is 9.99. The molecular formula is C17H19N5. The van der Waals surface area contributed by atoms with E-state index in [9.17, 15) is 5.26 Å². The van der Waals surface area contributed by atoms with Crippen molar-refractivity contribution in [2.45, 2.75) is 44.6 Å². The highest BCUT2D eigenvalue weighted by atomic mass is 15.1. The predicted octanol–water partition coefficient (Wildman–Crippen LogP) is 3.19. The van der Waals surface area contributed by atoms with Gasteiger partial charge in [0.05, 0.1) is 17.5 Å². The number of nitriles is 1. The molecule has 1 unspecified atom stereocenters. The molecule has 0 radical (unpaired) electrons. The molecule has 1 N–H and O–H groups in total. The van der Waals surface area contributed by atoms with Gasteiger partial charge in [-0.1, -0.05) is 18.9 Å². The van der Waals surface area contributed by atoms with E-state index in [0.717, 1.165) is 29.8 Å². The zero-order valence-electron chi connectivity index (χ0n) is 12.7. The van der Waals surface area contributed by atoms with Crippen LogP contribution in [0, 0.1) is 18.3 Å². The third-order valence-electron chi connectivity index (χ3n) is 4.09. The van der Waals surface area contributed by atoms with Crippen molar-refractivity contribution in [3.8, 4) is 6.07 Å². The van der Waals surface area contributed by atoms with E-state index in [-0.39, 0.29) is 0 Å². The molecule has 2 heterocycles. The minimum atomic E-state index is -0.465. The number of nitrogens with one attached hydrogen (secondary N) is 1. The summed E-state index contributed by atoms with van der Waals surface area (Å²) in [5, 5.41) is 12.9. The summed E-state index contributed by atoms with van der Waals surface area (Å²) >= 11 is 0. The van der Waals surface area contributed by atoms with Gasteiger partial charge in [-0.2, -0.15) is 5.26 Å². The van der Waals surface area contributed by atoms with Crippen LogP contribution >= 0.6 is 0 Å². The maximum absolute atomic E-state index is 9.56. The van der Waals surface area contributed by atoms with Gasteiger partial charge in [0.1, 0.15) is 5.92 Å². The van der Waals surface area contributed by atoms with Crippen molar-refractivity contribution in [2.24, 2.45) is 0 Å². The van der Waals surface area contributed by atoms with Crippen molar-refractivity contribution < 1.29 is 0 Å². The van der Waals surface area contributed by atoms with Gasteiger partial charge in [0.2, 0.25) is 5.95 Å². The van der Waals surface area contributed by atoms with Crippen molar-refractivity contribution in [1.29, 1.82) is 5.26 Å². The topological polar surface area (TPSA) is 74.5 Å². The van der Waals surface area contributed by atoms with Gasteiger partial charge in [0.15, 0.2) is 0 Å². The van der Waals surface area contributed by atoms with E-state index in [0.29, 0.717) is 12.0 Å². The number of aryl methyl sites for hydroxylation is 1. The summed E-state index contributed by atoms with van der Waals surface area (Å²) in [6, 6.07) is 8.36. The second kappa shape index (κ2) is 6.52. The van der Waals surface area contributed by atoms with Gasteiger partial charge in [0, 0.05) is 18.4 Å². The fourth-order valence-corrected chi connectivity index (χ4v) is 2.88. The molecule has 112 valence electrons. The molecule has 5 nitrogen and oxygen atoms in total. The third-order valence-corrected chi connectivity index (χ3v) is 4.09. The largest absolute Gasteiger partial charge is 0.351 e. The molecule has 3 rings (SSSR count). The Bertz CT molecular complexity index is 671. The van der Waals surface area contributed by atoms with E-state index in [4.69, 9.17) is 0 Å². The molecule has 2 aromatic rings. The summed E-state index contributed by atoms with van der Waals surface area (Å²) in [5.74, 6) is 0.150. The van der Waals surface area contributed by atoms with Crippen LogP contribution in [0.4, 0.5) is 5.95 Å². The fraction of sp³-hybridized carbons (Fsp3) is 0.412. The van der Waals surface area contributed by atoms with Crippen molar-refractivity contribution in [3.63, 3.8) is 0 Å². The minimum Gasteiger partial charge on any atom is -0.351 e. The first-order valence-electron chi connectivity index (χ1n) is 7.68. The lowest BCUT2D eigenvalue weighted by Gasteiger charge is -2.15. The molecule has 0 bridgehead atoms. The first-order chi connectivity index (χ1) is 10.8. The van der Waals surface area contributed by atoms with Crippen molar-refractivity contribution >= 4 is 5.95 Å². The molecule has 1 fully saturated rings. The van der Waals surface area contributed by atoms with E-state index >= 15 is 0 Å². The Labute approximate surface area is 130 Å². The maximum Gasteiger partial charge on any atom is 0.223 e. The van der Waals surface area contributed by atoms with Crippen LogP contribution < -0.4 is 5.32 Å². The summed E-state index contributed by atoms with van der Waals surface area (Å²) in [6.07, 6.45) is 8.32. The zero-order valence-corrected chi connectivity index (χ0v) is 12.7. The van der Waals surface area contributed by atoms with Crippen molar-refractivity contribution in [3.05, 3.63) is 47.5 Å². The predicted molar refractivity (Wildman–Crippen MR) is 84.3 cm³/mol. The Morgan fingerprint density at radius 1 is 1.27 bits per heavy atom. The average molecular weight is 293 g/mol. The maximum atomic E-state index is 9.56. The summed E-state index contributed by atoms with van der Waals surface area (Å²) in [7, 11) is 0. The fourth-order valence-electron chi connectivity index (χ4n) is 2.88. The molecule has 22 heavy (non-hydrogen) atoms. The lowest BCUT2D eigenvalue weighted by molar-refractivity contribution is 0.739. The van der Waals surface area contributed by atoms with Crippen LogP contribution in [0.15, 0.2) is 30.6 Å². The smallest absolute Gasteiger partial charge is 0.223 e. The standard InChI is InChI=1S/C17H19N5/c1-12-11-20-17(21-13-6-2-3-7-13)22-16(12)14(10-18)15-8-4-5-9-19-15/h4-5,8-9,11,13-14H,2-3,6-7H2,1H3,(H,20,21,22). The first kappa shape index (κ1) is 14.5. The monoisotopic (exact) mass is 293 g/mol. The highest BCUT2D eigenvalue weighted by Crippen LogP contribution is 2.25. The van der Waals surface area contributed by atoms with Gasteiger partial charge in [-0.05, 0) is 37.5 Å². The molecule has 0 amide bonds. The molecule has 0 aromatic carbocycles. The number of rotatable bonds is 4. The molecule has 2 aromatic heterocycles. The number of anilines is 1. The Kier molecular flexibility index (Phi) is 4.29. The number of nitrogens with zero attached hydrogens (tertiary/aromatic N) is 4. The highest BCUT2D eigenvalue weighted by molar-refractivity contribution is 5.38. The Morgan fingerprint density at radius 3 is 2.77 bits per heavy atom. The number of pyridine rings is 1. The van der Waals surface area contributed by atoms with Gasteiger partial charge >= 0.3 is 0 Å².